The molecule has 3 fully saturated rings. The van der Waals surface area contributed by atoms with Crippen LogP contribution in [0.15, 0.2) is 18.2 Å². The highest BCUT2D eigenvalue weighted by Gasteiger charge is 2.44. The first kappa shape index (κ1) is 19.9. The topological polar surface area (TPSA) is 105 Å². The number of amides is 2. The van der Waals surface area contributed by atoms with Gasteiger partial charge < -0.3 is 20.4 Å². The van der Waals surface area contributed by atoms with Crippen molar-refractivity contribution in [3.05, 3.63) is 29.3 Å². The van der Waals surface area contributed by atoms with Crippen LogP contribution in [0.3, 0.4) is 0 Å². The molecule has 4 N–H and O–H groups in total. The third-order valence-electron chi connectivity index (χ3n) is 7.55. The quantitative estimate of drug-likeness (QED) is 0.527. The summed E-state index contributed by atoms with van der Waals surface area (Å²) >= 11 is 0. The van der Waals surface area contributed by atoms with Gasteiger partial charge in [-0.05, 0) is 75.2 Å². The molecule has 0 aromatic heterocycles. The predicted molar refractivity (Wildman–Crippen MR) is 111 cm³/mol. The van der Waals surface area contributed by atoms with Crippen LogP contribution < -0.4 is 15.5 Å². The summed E-state index contributed by atoms with van der Waals surface area (Å²) in [5, 5.41) is 26.0. The van der Waals surface area contributed by atoms with Gasteiger partial charge >= 0.3 is 0 Å². The lowest BCUT2D eigenvalue weighted by molar-refractivity contribution is -0.0413. The van der Waals surface area contributed by atoms with Gasteiger partial charge in [-0.3, -0.25) is 19.8 Å². The molecule has 3 saturated heterocycles. The van der Waals surface area contributed by atoms with Crippen LogP contribution in [0.5, 0.6) is 0 Å². The van der Waals surface area contributed by atoms with E-state index in [2.05, 4.69) is 15.5 Å². The van der Waals surface area contributed by atoms with E-state index in [0.29, 0.717) is 29.4 Å². The maximum absolute atomic E-state index is 13.1. The molecule has 30 heavy (non-hydrogen) atoms. The normalized spacial score (nSPS) is 31.3. The van der Waals surface area contributed by atoms with Crippen molar-refractivity contribution in [3.63, 3.8) is 0 Å². The number of aliphatic hydroxyl groups is 2. The zero-order chi connectivity index (χ0) is 20.9. The Balaban J connectivity index is 1.33. The highest BCUT2D eigenvalue weighted by molar-refractivity contribution is 6.22. The number of piperidine rings is 3. The zero-order valence-corrected chi connectivity index (χ0v) is 17.1. The molecule has 1 aromatic carbocycles. The van der Waals surface area contributed by atoms with Crippen molar-refractivity contribution >= 4 is 17.5 Å². The molecular weight excluding hydrogens is 384 g/mol. The van der Waals surface area contributed by atoms with Crippen LogP contribution in [0.1, 0.15) is 59.2 Å². The zero-order valence-electron chi connectivity index (χ0n) is 17.1. The Hall–Kier alpha value is -2.00. The van der Waals surface area contributed by atoms with Gasteiger partial charge in [0.1, 0.15) is 12.5 Å². The Morgan fingerprint density at radius 1 is 0.933 bits per heavy atom. The number of aliphatic hydroxyl groups excluding tert-OH is 2. The molecular formula is C22H30N4O4. The molecule has 0 aliphatic carbocycles. The van der Waals surface area contributed by atoms with Crippen molar-refractivity contribution in [2.45, 2.75) is 57.0 Å². The Morgan fingerprint density at radius 3 is 2.33 bits per heavy atom. The third kappa shape index (κ3) is 3.32. The monoisotopic (exact) mass is 414 g/mol. The molecule has 0 saturated carbocycles. The number of imide groups is 1. The number of fused-ring (bicyclic) bond motifs is 1. The molecule has 4 aliphatic heterocycles. The Kier molecular flexibility index (Phi) is 5.05. The lowest BCUT2D eigenvalue weighted by Gasteiger charge is -2.45. The van der Waals surface area contributed by atoms with Crippen LogP contribution >= 0.6 is 0 Å². The summed E-state index contributed by atoms with van der Waals surface area (Å²) in [5.41, 5.74) is 2.25. The van der Waals surface area contributed by atoms with Crippen LogP contribution in [0.2, 0.25) is 0 Å². The van der Waals surface area contributed by atoms with Crippen LogP contribution in [0, 0.1) is 5.41 Å². The molecule has 3 atom stereocenters. The molecule has 1 aromatic rings. The van der Waals surface area contributed by atoms with Crippen molar-refractivity contribution in [1.29, 1.82) is 0 Å². The van der Waals surface area contributed by atoms with Gasteiger partial charge in [0.2, 0.25) is 0 Å². The summed E-state index contributed by atoms with van der Waals surface area (Å²) in [7, 11) is 0. The summed E-state index contributed by atoms with van der Waals surface area (Å²) < 4.78 is 0. The first-order valence-corrected chi connectivity index (χ1v) is 11.1. The molecule has 4 aliphatic rings. The minimum atomic E-state index is -1.13. The van der Waals surface area contributed by atoms with E-state index >= 15 is 0 Å². The first-order chi connectivity index (χ1) is 14.5. The van der Waals surface area contributed by atoms with Gasteiger partial charge in [-0.1, -0.05) is 0 Å². The van der Waals surface area contributed by atoms with Crippen molar-refractivity contribution < 1.29 is 19.8 Å². The molecule has 2 amide bonds. The van der Waals surface area contributed by atoms with Gasteiger partial charge in [0.05, 0.1) is 17.2 Å². The lowest BCUT2D eigenvalue weighted by atomic mass is 9.71. The van der Waals surface area contributed by atoms with E-state index in [1.54, 1.807) is 6.07 Å². The smallest absolute Gasteiger partial charge is 0.262 e. The first-order valence-electron chi connectivity index (χ1n) is 11.1. The highest BCUT2D eigenvalue weighted by Crippen LogP contribution is 2.41. The Bertz CT molecular complexity index is 844. The number of anilines is 1. The van der Waals surface area contributed by atoms with Crippen LogP contribution in [-0.2, 0) is 0 Å². The highest BCUT2D eigenvalue weighted by atomic mass is 16.3. The van der Waals surface area contributed by atoms with Gasteiger partial charge in [0.25, 0.3) is 11.8 Å². The van der Waals surface area contributed by atoms with E-state index in [1.807, 2.05) is 12.1 Å². The van der Waals surface area contributed by atoms with E-state index in [0.717, 1.165) is 49.6 Å². The molecule has 3 unspecified atom stereocenters. The van der Waals surface area contributed by atoms with E-state index in [-0.39, 0.29) is 11.8 Å². The summed E-state index contributed by atoms with van der Waals surface area (Å²) in [6, 6.07) is 4.86. The largest absolute Gasteiger partial charge is 0.379 e. The molecule has 162 valence electrons. The number of nitrogens with zero attached hydrogens (tertiary/aromatic N) is 2. The van der Waals surface area contributed by atoms with Crippen molar-refractivity contribution in [2.75, 3.05) is 31.1 Å². The van der Waals surface area contributed by atoms with Crippen molar-refractivity contribution in [3.8, 4) is 0 Å². The van der Waals surface area contributed by atoms with Crippen LogP contribution in [-0.4, -0.2) is 71.6 Å². The second-order valence-electron chi connectivity index (χ2n) is 9.22. The van der Waals surface area contributed by atoms with E-state index in [4.69, 9.17) is 0 Å². The maximum Gasteiger partial charge on any atom is 0.262 e. The molecule has 1 spiro atoms. The predicted octanol–water partition coefficient (Wildman–Crippen LogP) is 0.641. The van der Waals surface area contributed by atoms with Crippen LogP contribution in [0.4, 0.5) is 5.69 Å². The standard InChI is InChI=1S/C22H30N4O4/c27-18-4-3-17(19(28)24-18)26-20(29)15-2-1-14(13-16(15)21(26)30)25-11-7-22(8-12-25)5-9-23-10-6-22/h1-2,13,17-19,23-24,27-28H,3-12H2. The summed E-state index contributed by atoms with van der Waals surface area (Å²) in [6.07, 6.45) is 3.60. The average molecular weight is 415 g/mol. The van der Waals surface area contributed by atoms with Gasteiger partial charge in [-0.15, -0.1) is 0 Å². The summed E-state index contributed by atoms with van der Waals surface area (Å²) in [4.78, 5) is 29.5. The number of carbonyl (C=O) groups is 2. The van der Waals surface area contributed by atoms with E-state index < -0.39 is 18.5 Å². The fraction of sp³-hybridized carbons (Fsp3) is 0.636. The Labute approximate surface area is 176 Å². The number of benzene rings is 1. The van der Waals surface area contributed by atoms with Crippen molar-refractivity contribution in [1.82, 2.24) is 15.5 Å². The number of rotatable bonds is 2. The average Bonchev–Trinajstić information content (AvgIpc) is 2.99. The molecule has 8 heteroatoms. The summed E-state index contributed by atoms with van der Waals surface area (Å²) in [5.74, 6) is -0.720. The van der Waals surface area contributed by atoms with Crippen LogP contribution in [0.25, 0.3) is 0 Å². The molecule has 0 radical (unpaired) electrons. The number of hydrogen-bond donors (Lipinski definition) is 4. The van der Waals surface area contributed by atoms with E-state index in [9.17, 15) is 19.8 Å². The van der Waals surface area contributed by atoms with Gasteiger partial charge in [-0.2, -0.15) is 0 Å². The minimum absolute atomic E-state index is 0.356. The molecule has 0 bridgehead atoms. The van der Waals surface area contributed by atoms with Crippen molar-refractivity contribution in [2.24, 2.45) is 5.41 Å². The second-order valence-corrected chi connectivity index (χ2v) is 9.22. The fourth-order valence-electron chi connectivity index (χ4n) is 5.59. The number of carbonyl (C=O) groups excluding carboxylic acids is 2. The molecule has 5 rings (SSSR count). The minimum Gasteiger partial charge on any atom is -0.379 e. The third-order valence-corrected chi connectivity index (χ3v) is 7.55. The SMILES string of the molecule is O=C1c2ccc(N3CCC4(CCNCC4)CC3)cc2C(=O)N1C1CCC(O)NC1O. The van der Waals surface area contributed by atoms with Gasteiger partial charge in [0, 0.05) is 18.8 Å². The van der Waals surface area contributed by atoms with E-state index in [1.165, 1.54) is 12.8 Å². The second kappa shape index (κ2) is 7.60. The van der Waals surface area contributed by atoms with Gasteiger partial charge in [0.15, 0.2) is 0 Å². The molecule has 4 heterocycles. The fourth-order valence-corrected chi connectivity index (χ4v) is 5.59. The molecule has 8 nitrogen and oxygen atoms in total. The number of hydrogen-bond acceptors (Lipinski definition) is 7. The number of nitrogens with one attached hydrogen (secondary N) is 2. The Morgan fingerprint density at radius 2 is 1.63 bits per heavy atom. The van der Waals surface area contributed by atoms with Gasteiger partial charge in [-0.25, -0.2) is 0 Å². The maximum atomic E-state index is 13.1. The lowest BCUT2D eigenvalue weighted by Crippen LogP contribution is -2.58. The summed E-state index contributed by atoms with van der Waals surface area (Å²) in [6.45, 7) is 4.13.